The van der Waals surface area contributed by atoms with Gasteiger partial charge < -0.3 is 10.0 Å². The van der Waals surface area contributed by atoms with Crippen LogP contribution in [0.15, 0.2) is 12.4 Å². The number of aliphatic hydroxyl groups excluding tert-OH is 1. The summed E-state index contributed by atoms with van der Waals surface area (Å²) in [7, 11) is 0. The summed E-state index contributed by atoms with van der Waals surface area (Å²) in [5, 5.41) is 8.77. The SMILES string of the molecule is CCN(CCO)c1cc(C(F)F)ncn1. The summed E-state index contributed by atoms with van der Waals surface area (Å²) < 4.78 is 24.7. The van der Waals surface area contributed by atoms with Crippen molar-refractivity contribution in [3.63, 3.8) is 0 Å². The molecule has 1 aromatic heterocycles. The van der Waals surface area contributed by atoms with Crippen LogP contribution >= 0.6 is 0 Å². The maximum absolute atomic E-state index is 12.3. The first-order chi connectivity index (χ1) is 7.19. The predicted molar refractivity (Wildman–Crippen MR) is 52.0 cm³/mol. The number of nitrogens with zero attached hydrogens (tertiary/aromatic N) is 3. The lowest BCUT2D eigenvalue weighted by molar-refractivity contribution is 0.146. The molecule has 1 N–H and O–H groups in total. The van der Waals surface area contributed by atoms with Gasteiger partial charge in [-0.3, -0.25) is 0 Å². The monoisotopic (exact) mass is 217 g/mol. The number of rotatable bonds is 5. The number of halogens is 2. The third-order valence-electron chi connectivity index (χ3n) is 1.97. The van der Waals surface area contributed by atoms with Gasteiger partial charge in [0.15, 0.2) is 0 Å². The lowest BCUT2D eigenvalue weighted by Crippen LogP contribution is -2.27. The van der Waals surface area contributed by atoms with E-state index in [0.29, 0.717) is 18.9 Å². The Labute approximate surface area is 86.6 Å². The van der Waals surface area contributed by atoms with Gasteiger partial charge in [-0.15, -0.1) is 0 Å². The molecule has 6 heteroatoms. The minimum absolute atomic E-state index is 0.0398. The Morgan fingerprint density at radius 3 is 2.73 bits per heavy atom. The first-order valence-electron chi connectivity index (χ1n) is 4.65. The number of aliphatic hydroxyl groups is 1. The van der Waals surface area contributed by atoms with Crippen LogP contribution in [-0.4, -0.2) is 34.8 Å². The molecule has 0 aliphatic heterocycles. The number of anilines is 1. The fourth-order valence-electron chi connectivity index (χ4n) is 1.21. The standard InChI is InChI=1S/C9H13F2N3O/c1-2-14(3-4-15)8-5-7(9(10)11)12-6-13-8/h5-6,9,15H,2-4H2,1H3. The van der Waals surface area contributed by atoms with Crippen LogP contribution in [0.4, 0.5) is 14.6 Å². The van der Waals surface area contributed by atoms with Crippen LogP contribution in [-0.2, 0) is 0 Å². The van der Waals surface area contributed by atoms with Crippen molar-refractivity contribution in [2.75, 3.05) is 24.6 Å². The maximum atomic E-state index is 12.3. The lowest BCUT2D eigenvalue weighted by Gasteiger charge is -2.20. The van der Waals surface area contributed by atoms with E-state index < -0.39 is 6.43 Å². The van der Waals surface area contributed by atoms with Crippen molar-refractivity contribution in [3.05, 3.63) is 18.1 Å². The molecule has 0 fully saturated rings. The van der Waals surface area contributed by atoms with Gasteiger partial charge in [-0.25, -0.2) is 18.7 Å². The molecule has 0 aromatic carbocycles. The Hall–Kier alpha value is -1.30. The maximum Gasteiger partial charge on any atom is 0.280 e. The van der Waals surface area contributed by atoms with Crippen LogP contribution in [0.25, 0.3) is 0 Å². The number of hydrogen-bond donors (Lipinski definition) is 1. The molecular formula is C9H13F2N3O. The van der Waals surface area contributed by atoms with E-state index in [1.54, 1.807) is 4.90 Å². The predicted octanol–water partition coefficient (Wildman–Crippen LogP) is 1.23. The highest BCUT2D eigenvalue weighted by molar-refractivity contribution is 5.38. The fraction of sp³-hybridized carbons (Fsp3) is 0.556. The van der Waals surface area contributed by atoms with Gasteiger partial charge in [0.05, 0.1) is 6.61 Å². The van der Waals surface area contributed by atoms with Crippen molar-refractivity contribution in [1.82, 2.24) is 9.97 Å². The molecule has 4 nitrogen and oxygen atoms in total. The summed E-state index contributed by atoms with van der Waals surface area (Å²) in [5.41, 5.74) is -0.295. The summed E-state index contributed by atoms with van der Waals surface area (Å²) in [5.74, 6) is 0.414. The van der Waals surface area contributed by atoms with E-state index in [1.165, 1.54) is 6.07 Å². The molecule has 0 aliphatic rings. The Morgan fingerprint density at radius 1 is 1.47 bits per heavy atom. The van der Waals surface area contributed by atoms with Gasteiger partial charge in [0.25, 0.3) is 6.43 Å². The van der Waals surface area contributed by atoms with Gasteiger partial charge in [0.1, 0.15) is 17.8 Å². The Balaban J connectivity index is 2.87. The van der Waals surface area contributed by atoms with Crippen molar-refractivity contribution in [3.8, 4) is 0 Å². The van der Waals surface area contributed by atoms with Gasteiger partial charge in [0.2, 0.25) is 0 Å². The minimum atomic E-state index is -2.60. The van der Waals surface area contributed by atoms with Crippen LogP contribution in [0.3, 0.4) is 0 Å². The summed E-state index contributed by atoms with van der Waals surface area (Å²) in [6, 6.07) is 1.24. The van der Waals surface area contributed by atoms with Crippen molar-refractivity contribution >= 4 is 5.82 Å². The average Bonchev–Trinajstić information content (AvgIpc) is 2.26. The number of hydrogen-bond acceptors (Lipinski definition) is 4. The van der Waals surface area contributed by atoms with E-state index in [4.69, 9.17) is 5.11 Å². The molecule has 0 saturated heterocycles. The second kappa shape index (κ2) is 5.55. The van der Waals surface area contributed by atoms with Crippen LogP contribution < -0.4 is 4.90 Å². The van der Waals surface area contributed by atoms with Crippen molar-refractivity contribution < 1.29 is 13.9 Å². The number of alkyl halides is 2. The Morgan fingerprint density at radius 2 is 2.20 bits per heavy atom. The van der Waals surface area contributed by atoms with Gasteiger partial charge >= 0.3 is 0 Å². The van der Waals surface area contributed by atoms with Gasteiger partial charge in [0, 0.05) is 19.2 Å². The summed E-state index contributed by atoms with van der Waals surface area (Å²) in [4.78, 5) is 9.05. The molecule has 0 unspecified atom stereocenters. The normalized spacial score (nSPS) is 10.7. The van der Waals surface area contributed by atoms with Crippen molar-refractivity contribution in [1.29, 1.82) is 0 Å². The molecule has 0 atom stereocenters. The second-order valence-electron chi connectivity index (χ2n) is 2.91. The van der Waals surface area contributed by atoms with Crippen LogP contribution in [0.1, 0.15) is 19.0 Å². The molecule has 1 aromatic rings. The number of aromatic nitrogens is 2. The number of likely N-dealkylation sites (N-methyl/N-ethyl adjacent to an activating group) is 1. The molecule has 0 radical (unpaired) electrons. The summed E-state index contributed by atoms with van der Waals surface area (Å²) in [6.45, 7) is 2.79. The third kappa shape index (κ3) is 3.09. The highest BCUT2D eigenvalue weighted by Crippen LogP contribution is 2.19. The van der Waals surface area contributed by atoms with Crippen LogP contribution in [0, 0.1) is 0 Å². The van der Waals surface area contributed by atoms with Gasteiger partial charge in [-0.05, 0) is 6.92 Å². The van der Waals surface area contributed by atoms with E-state index in [-0.39, 0.29) is 12.3 Å². The topological polar surface area (TPSA) is 49.2 Å². The molecule has 15 heavy (non-hydrogen) atoms. The Bertz CT molecular complexity index is 309. The van der Waals surface area contributed by atoms with Crippen LogP contribution in [0.5, 0.6) is 0 Å². The van der Waals surface area contributed by atoms with E-state index in [0.717, 1.165) is 6.33 Å². The Kier molecular flexibility index (Phi) is 4.36. The molecule has 1 rings (SSSR count). The quantitative estimate of drug-likeness (QED) is 0.806. The van der Waals surface area contributed by atoms with E-state index in [9.17, 15) is 8.78 Å². The second-order valence-corrected chi connectivity index (χ2v) is 2.91. The van der Waals surface area contributed by atoms with E-state index in [2.05, 4.69) is 9.97 Å². The fourth-order valence-corrected chi connectivity index (χ4v) is 1.21. The van der Waals surface area contributed by atoms with Gasteiger partial charge in [-0.2, -0.15) is 0 Å². The van der Waals surface area contributed by atoms with Crippen molar-refractivity contribution in [2.24, 2.45) is 0 Å². The average molecular weight is 217 g/mol. The van der Waals surface area contributed by atoms with E-state index >= 15 is 0 Å². The molecule has 0 spiro atoms. The highest BCUT2D eigenvalue weighted by Gasteiger charge is 2.12. The zero-order valence-electron chi connectivity index (χ0n) is 8.40. The zero-order chi connectivity index (χ0) is 11.3. The summed E-state index contributed by atoms with van der Waals surface area (Å²) >= 11 is 0. The molecular weight excluding hydrogens is 204 g/mol. The molecule has 1 heterocycles. The van der Waals surface area contributed by atoms with Gasteiger partial charge in [-0.1, -0.05) is 0 Å². The molecule has 0 saturated carbocycles. The largest absolute Gasteiger partial charge is 0.395 e. The molecule has 0 aliphatic carbocycles. The lowest BCUT2D eigenvalue weighted by atomic mass is 10.3. The molecule has 0 bridgehead atoms. The van der Waals surface area contributed by atoms with Crippen molar-refractivity contribution in [2.45, 2.75) is 13.3 Å². The smallest absolute Gasteiger partial charge is 0.280 e. The molecule has 84 valence electrons. The third-order valence-corrected chi connectivity index (χ3v) is 1.97. The zero-order valence-corrected chi connectivity index (χ0v) is 8.40. The summed E-state index contributed by atoms with van der Waals surface area (Å²) in [6.07, 6.45) is -1.49. The highest BCUT2D eigenvalue weighted by atomic mass is 19.3. The first kappa shape index (κ1) is 11.8. The van der Waals surface area contributed by atoms with Crippen LogP contribution in [0.2, 0.25) is 0 Å². The first-order valence-corrected chi connectivity index (χ1v) is 4.65. The minimum Gasteiger partial charge on any atom is -0.395 e. The van der Waals surface area contributed by atoms with E-state index in [1.807, 2.05) is 6.92 Å². The molecule has 0 amide bonds.